The molecule has 2 aliphatic heterocycles. The van der Waals surface area contributed by atoms with Gasteiger partial charge in [0.05, 0.1) is 19.8 Å². The summed E-state index contributed by atoms with van der Waals surface area (Å²) in [4.78, 5) is 27.1. The smallest absolute Gasteiger partial charge is 0.260 e. The molecule has 0 atom stereocenters. The number of ketones is 1. The Labute approximate surface area is 187 Å². The number of allylic oxidation sites excluding steroid dienone is 1. The summed E-state index contributed by atoms with van der Waals surface area (Å²) in [5, 5.41) is 0. The minimum absolute atomic E-state index is 0.0277. The number of nitrogens with zero attached hydrogens (tertiary/aromatic N) is 1. The average molecular weight is 437 g/mol. The van der Waals surface area contributed by atoms with E-state index in [2.05, 4.69) is 6.92 Å². The Hall–Kier alpha value is -3.48. The van der Waals surface area contributed by atoms with Crippen LogP contribution in [-0.4, -0.2) is 50.5 Å². The predicted molar refractivity (Wildman–Crippen MR) is 119 cm³/mol. The first-order valence-electron chi connectivity index (χ1n) is 10.7. The molecule has 0 saturated carbocycles. The van der Waals surface area contributed by atoms with Crippen LogP contribution in [0.2, 0.25) is 0 Å². The van der Waals surface area contributed by atoms with Crippen molar-refractivity contribution in [3.8, 4) is 23.0 Å². The van der Waals surface area contributed by atoms with E-state index in [9.17, 15) is 9.59 Å². The highest BCUT2D eigenvalue weighted by Crippen LogP contribution is 2.36. The molecule has 2 aromatic rings. The number of methoxy groups -OCH3 is 2. The minimum atomic E-state index is -0.227. The van der Waals surface area contributed by atoms with E-state index in [1.54, 1.807) is 56.7 Å². The second-order valence-electron chi connectivity index (χ2n) is 8.06. The van der Waals surface area contributed by atoms with Crippen LogP contribution in [0.25, 0.3) is 6.08 Å². The molecule has 4 rings (SSSR count). The summed E-state index contributed by atoms with van der Waals surface area (Å²) in [6.07, 6.45) is 3.67. The molecular formula is C25H27NO6. The van der Waals surface area contributed by atoms with Crippen molar-refractivity contribution in [2.75, 3.05) is 33.9 Å². The van der Waals surface area contributed by atoms with E-state index in [0.29, 0.717) is 40.0 Å². The lowest BCUT2D eigenvalue weighted by Gasteiger charge is -2.30. The van der Waals surface area contributed by atoms with Crippen molar-refractivity contribution < 1.29 is 28.5 Å². The standard InChI is InChI=1S/C25H27NO6/c1-16-8-10-26(11-9-16)24(27)15-31-19-4-6-20-22(14-19)32-23(25(20)28)13-17-12-18(29-2)5-7-21(17)30-3/h4-7,12-14,16H,8-11,15H2,1-3H3. The number of piperidine rings is 1. The van der Waals surface area contributed by atoms with Gasteiger partial charge in [-0.25, -0.2) is 0 Å². The average Bonchev–Trinajstić information content (AvgIpc) is 3.12. The summed E-state index contributed by atoms with van der Waals surface area (Å²) >= 11 is 0. The molecular weight excluding hydrogens is 410 g/mol. The summed E-state index contributed by atoms with van der Waals surface area (Å²) in [5.74, 6) is 2.71. The highest BCUT2D eigenvalue weighted by molar-refractivity contribution is 6.14. The molecule has 2 aliphatic rings. The fourth-order valence-electron chi connectivity index (χ4n) is 3.84. The molecule has 32 heavy (non-hydrogen) atoms. The number of likely N-dealkylation sites (tertiary alicyclic amines) is 1. The van der Waals surface area contributed by atoms with Gasteiger partial charge in [0, 0.05) is 24.7 Å². The molecule has 2 aromatic carbocycles. The number of amides is 1. The van der Waals surface area contributed by atoms with Crippen molar-refractivity contribution in [1.29, 1.82) is 0 Å². The van der Waals surface area contributed by atoms with Crippen molar-refractivity contribution >= 4 is 17.8 Å². The lowest BCUT2D eigenvalue weighted by atomic mass is 9.99. The van der Waals surface area contributed by atoms with E-state index in [1.807, 2.05) is 4.90 Å². The van der Waals surface area contributed by atoms with E-state index in [-0.39, 0.29) is 24.1 Å². The van der Waals surface area contributed by atoms with Gasteiger partial charge in [-0.2, -0.15) is 0 Å². The number of Topliss-reactive ketones (excluding diaryl/α,β-unsaturated/α-hetero) is 1. The zero-order valence-corrected chi connectivity index (χ0v) is 18.6. The van der Waals surface area contributed by atoms with Crippen LogP contribution in [-0.2, 0) is 4.79 Å². The molecule has 7 heteroatoms. The number of fused-ring (bicyclic) bond motifs is 1. The summed E-state index contributed by atoms with van der Waals surface area (Å²) in [7, 11) is 3.13. The third kappa shape index (κ3) is 4.56. The van der Waals surface area contributed by atoms with Crippen LogP contribution in [0.4, 0.5) is 0 Å². The molecule has 168 valence electrons. The van der Waals surface area contributed by atoms with Gasteiger partial charge in [-0.15, -0.1) is 0 Å². The Balaban J connectivity index is 1.46. The molecule has 1 fully saturated rings. The van der Waals surface area contributed by atoms with Crippen LogP contribution in [0.5, 0.6) is 23.0 Å². The molecule has 2 heterocycles. The van der Waals surface area contributed by atoms with Gasteiger partial charge < -0.3 is 23.8 Å². The lowest BCUT2D eigenvalue weighted by Crippen LogP contribution is -2.40. The second-order valence-corrected chi connectivity index (χ2v) is 8.06. The fraction of sp³-hybridized carbons (Fsp3) is 0.360. The van der Waals surface area contributed by atoms with E-state index in [0.717, 1.165) is 25.9 Å². The van der Waals surface area contributed by atoms with Crippen molar-refractivity contribution in [3.05, 3.63) is 53.3 Å². The van der Waals surface area contributed by atoms with Crippen LogP contribution in [0.1, 0.15) is 35.7 Å². The van der Waals surface area contributed by atoms with Gasteiger partial charge in [0.25, 0.3) is 5.91 Å². The van der Waals surface area contributed by atoms with Crippen LogP contribution in [0, 0.1) is 5.92 Å². The quantitative estimate of drug-likeness (QED) is 0.637. The van der Waals surface area contributed by atoms with Crippen LogP contribution in [0.3, 0.4) is 0 Å². The Kier molecular flexibility index (Phi) is 6.35. The molecule has 0 radical (unpaired) electrons. The number of carbonyl (C=O) groups excluding carboxylic acids is 2. The topological polar surface area (TPSA) is 74.3 Å². The van der Waals surface area contributed by atoms with Gasteiger partial charge in [0.15, 0.2) is 12.4 Å². The SMILES string of the molecule is COc1ccc(OC)c(C=C2Oc3cc(OCC(=O)N4CCC(C)CC4)ccc3C2=O)c1. The highest BCUT2D eigenvalue weighted by Gasteiger charge is 2.28. The Morgan fingerprint density at radius 1 is 1.09 bits per heavy atom. The number of carbonyl (C=O) groups is 2. The third-order valence-electron chi connectivity index (χ3n) is 5.86. The van der Waals surface area contributed by atoms with Gasteiger partial charge in [-0.1, -0.05) is 6.92 Å². The van der Waals surface area contributed by atoms with E-state index in [4.69, 9.17) is 18.9 Å². The van der Waals surface area contributed by atoms with E-state index < -0.39 is 0 Å². The zero-order valence-electron chi connectivity index (χ0n) is 18.6. The Morgan fingerprint density at radius 2 is 1.84 bits per heavy atom. The maximum Gasteiger partial charge on any atom is 0.260 e. The molecule has 0 spiro atoms. The summed E-state index contributed by atoms with van der Waals surface area (Å²) in [6.45, 7) is 3.71. The number of hydrogen-bond donors (Lipinski definition) is 0. The molecule has 0 aliphatic carbocycles. The van der Waals surface area contributed by atoms with Gasteiger partial charge in [0.2, 0.25) is 5.78 Å². The fourth-order valence-corrected chi connectivity index (χ4v) is 3.84. The minimum Gasteiger partial charge on any atom is -0.497 e. The summed E-state index contributed by atoms with van der Waals surface area (Å²) in [5.41, 5.74) is 1.11. The first-order valence-corrected chi connectivity index (χ1v) is 10.7. The van der Waals surface area contributed by atoms with Crippen molar-refractivity contribution in [1.82, 2.24) is 4.90 Å². The highest BCUT2D eigenvalue weighted by atomic mass is 16.5. The number of rotatable bonds is 6. The van der Waals surface area contributed by atoms with Crippen molar-refractivity contribution in [2.24, 2.45) is 5.92 Å². The lowest BCUT2D eigenvalue weighted by molar-refractivity contribution is -0.134. The molecule has 0 aromatic heterocycles. The molecule has 0 unspecified atom stereocenters. The Morgan fingerprint density at radius 3 is 2.56 bits per heavy atom. The maximum atomic E-state index is 12.8. The Bertz CT molecular complexity index is 1050. The normalized spacial score (nSPS) is 17.2. The summed E-state index contributed by atoms with van der Waals surface area (Å²) in [6, 6.07) is 10.3. The number of ether oxygens (including phenoxy) is 4. The van der Waals surface area contributed by atoms with Gasteiger partial charge in [0.1, 0.15) is 23.0 Å². The summed E-state index contributed by atoms with van der Waals surface area (Å²) < 4.78 is 22.1. The van der Waals surface area contributed by atoms with Crippen molar-refractivity contribution in [2.45, 2.75) is 19.8 Å². The molecule has 0 bridgehead atoms. The molecule has 0 N–H and O–H groups in total. The number of hydrogen-bond acceptors (Lipinski definition) is 6. The number of benzene rings is 2. The van der Waals surface area contributed by atoms with Gasteiger partial charge in [-0.05, 0) is 55.2 Å². The predicted octanol–water partition coefficient (Wildman–Crippen LogP) is 3.96. The zero-order chi connectivity index (χ0) is 22.7. The molecule has 1 amide bonds. The van der Waals surface area contributed by atoms with E-state index >= 15 is 0 Å². The maximum absolute atomic E-state index is 12.8. The van der Waals surface area contributed by atoms with Gasteiger partial charge in [-0.3, -0.25) is 9.59 Å². The third-order valence-corrected chi connectivity index (χ3v) is 5.86. The monoisotopic (exact) mass is 437 g/mol. The van der Waals surface area contributed by atoms with Gasteiger partial charge >= 0.3 is 0 Å². The van der Waals surface area contributed by atoms with Crippen LogP contribution < -0.4 is 18.9 Å². The van der Waals surface area contributed by atoms with Crippen LogP contribution in [0.15, 0.2) is 42.2 Å². The second kappa shape index (κ2) is 9.34. The van der Waals surface area contributed by atoms with Crippen molar-refractivity contribution in [3.63, 3.8) is 0 Å². The first-order chi connectivity index (χ1) is 15.5. The molecule has 7 nitrogen and oxygen atoms in total. The van der Waals surface area contributed by atoms with E-state index in [1.165, 1.54) is 0 Å². The van der Waals surface area contributed by atoms with Crippen LogP contribution >= 0.6 is 0 Å². The largest absolute Gasteiger partial charge is 0.497 e. The molecule has 1 saturated heterocycles. The first kappa shape index (κ1) is 21.7.